The fourth-order valence-corrected chi connectivity index (χ4v) is 1.66. The zero-order chi connectivity index (χ0) is 11.3. The lowest BCUT2D eigenvalue weighted by Crippen LogP contribution is -2.26. The highest BCUT2D eigenvalue weighted by molar-refractivity contribution is 6.20. The number of halogens is 1. The van der Waals surface area contributed by atoms with Gasteiger partial charge in [0.15, 0.2) is 0 Å². The van der Waals surface area contributed by atoms with Crippen LogP contribution in [0.15, 0.2) is 6.07 Å². The van der Waals surface area contributed by atoms with E-state index in [0.29, 0.717) is 6.61 Å². The molecular formula is C10H18ClN3O. The van der Waals surface area contributed by atoms with Gasteiger partial charge in [-0.05, 0) is 13.0 Å². The highest BCUT2D eigenvalue weighted by atomic mass is 35.5. The molecule has 0 radical (unpaired) electrons. The smallest absolute Gasteiger partial charge is 0.0694 e. The molecule has 0 aromatic carbocycles. The van der Waals surface area contributed by atoms with Crippen LogP contribution in [0.4, 0.5) is 0 Å². The second-order valence-corrected chi connectivity index (χ2v) is 4.20. The van der Waals surface area contributed by atoms with Gasteiger partial charge in [0, 0.05) is 27.2 Å². The van der Waals surface area contributed by atoms with Gasteiger partial charge in [0.05, 0.1) is 23.4 Å². The van der Waals surface area contributed by atoms with Crippen molar-refractivity contribution >= 4 is 11.6 Å². The van der Waals surface area contributed by atoms with Gasteiger partial charge in [0.1, 0.15) is 0 Å². The van der Waals surface area contributed by atoms with Crippen LogP contribution >= 0.6 is 11.6 Å². The van der Waals surface area contributed by atoms with Gasteiger partial charge in [-0.15, -0.1) is 11.6 Å². The SMILES string of the molecule is COCC(Cl)CNCc1cc(C)nn1C. The summed E-state index contributed by atoms with van der Waals surface area (Å²) in [6, 6.07) is 2.06. The summed E-state index contributed by atoms with van der Waals surface area (Å²) in [7, 11) is 3.59. The van der Waals surface area contributed by atoms with Gasteiger partial charge in [-0.2, -0.15) is 5.10 Å². The summed E-state index contributed by atoms with van der Waals surface area (Å²) in [5.41, 5.74) is 2.20. The Morgan fingerprint density at radius 3 is 2.93 bits per heavy atom. The highest BCUT2D eigenvalue weighted by Crippen LogP contribution is 2.01. The maximum atomic E-state index is 5.98. The number of aromatic nitrogens is 2. The largest absolute Gasteiger partial charge is 0.383 e. The van der Waals surface area contributed by atoms with Crippen molar-refractivity contribution < 1.29 is 4.74 Å². The molecular weight excluding hydrogens is 214 g/mol. The fourth-order valence-electron chi connectivity index (χ4n) is 1.43. The lowest BCUT2D eigenvalue weighted by molar-refractivity contribution is 0.197. The molecule has 15 heavy (non-hydrogen) atoms. The van der Waals surface area contributed by atoms with Crippen LogP contribution < -0.4 is 5.32 Å². The van der Waals surface area contributed by atoms with Crippen molar-refractivity contribution in [2.75, 3.05) is 20.3 Å². The van der Waals surface area contributed by atoms with Crippen molar-refractivity contribution in [2.45, 2.75) is 18.8 Å². The molecule has 0 saturated heterocycles. The standard InChI is InChI=1S/C10H18ClN3O/c1-8-4-10(14(2)13-8)6-12-5-9(11)7-15-3/h4,9,12H,5-7H2,1-3H3. The molecule has 1 aromatic rings. The van der Waals surface area contributed by atoms with Crippen LogP contribution in [0.1, 0.15) is 11.4 Å². The van der Waals surface area contributed by atoms with Crippen molar-refractivity contribution in [1.82, 2.24) is 15.1 Å². The molecule has 0 bridgehead atoms. The average molecular weight is 232 g/mol. The van der Waals surface area contributed by atoms with Crippen LogP contribution in [0.3, 0.4) is 0 Å². The molecule has 0 aliphatic carbocycles. The molecule has 0 aliphatic rings. The summed E-state index contributed by atoms with van der Waals surface area (Å²) in [6.45, 7) is 4.07. The minimum absolute atomic E-state index is 0.0179. The number of hydrogen-bond acceptors (Lipinski definition) is 3. The number of hydrogen-bond donors (Lipinski definition) is 1. The van der Waals surface area contributed by atoms with E-state index in [2.05, 4.69) is 16.5 Å². The Balaban J connectivity index is 2.28. The third-order valence-corrected chi connectivity index (χ3v) is 2.40. The molecule has 1 N–H and O–H groups in total. The number of nitrogens with zero attached hydrogens (tertiary/aromatic N) is 2. The van der Waals surface area contributed by atoms with Gasteiger partial charge in [0.25, 0.3) is 0 Å². The van der Waals surface area contributed by atoms with E-state index in [1.807, 2.05) is 18.7 Å². The van der Waals surface area contributed by atoms with Crippen LogP contribution in [-0.4, -0.2) is 35.4 Å². The maximum Gasteiger partial charge on any atom is 0.0694 e. The van der Waals surface area contributed by atoms with E-state index in [-0.39, 0.29) is 5.38 Å². The van der Waals surface area contributed by atoms with Crippen LogP contribution in [0, 0.1) is 6.92 Å². The lowest BCUT2D eigenvalue weighted by atomic mass is 10.3. The van der Waals surface area contributed by atoms with Crippen molar-refractivity contribution in [3.8, 4) is 0 Å². The second-order valence-electron chi connectivity index (χ2n) is 3.58. The minimum Gasteiger partial charge on any atom is -0.383 e. The van der Waals surface area contributed by atoms with Crippen molar-refractivity contribution in [2.24, 2.45) is 7.05 Å². The molecule has 0 amide bonds. The van der Waals surface area contributed by atoms with Crippen molar-refractivity contribution in [3.63, 3.8) is 0 Å². The Bertz CT molecular complexity index is 301. The summed E-state index contributed by atoms with van der Waals surface area (Å²) >= 11 is 5.98. The maximum absolute atomic E-state index is 5.98. The zero-order valence-electron chi connectivity index (χ0n) is 9.46. The summed E-state index contributed by atoms with van der Waals surface area (Å²) in [4.78, 5) is 0. The zero-order valence-corrected chi connectivity index (χ0v) is 10.2. The van der Waals surface area contributed by atoms with E-state index in [1.165, 1.54) is 0 Å². The molecule has 1 atom stereocenters. The average Bonchev–Trinajstić information content (AvgIpc) is 2.46. The van der Waals surface area contributed by atoms with Gasteiger partial charge in [-0.25, -0.2) is 0 Å². The van der Waals surface area contributed by atoms with Gasteiger partial charge < -0.3 is 10.1 Å². The molecule has 86 valence electrons. The predicted molar refractivity (Wildman–Crippen MR) is 61.2 cm³/mol. The number of alkyl halides is 1. The first kappa shape index (κ1) is 12.5. The first-order chi connectivity index (χ1) is 7.13. The van der Waals surface area contributed by atoms with Crippen LogP contribution in [0.25, 0.3) is 0 Å². The van der Waals surface area contributed by atoms with Crippen LogP contribution in [-0.2, 0) is 18.3 Å². The van der Waals surface area contributed by atoms with Crippen molar-refractivity contribution in [1.29, 1.82) is 0 Å². The molecule has 4 nitrogen and oxygen atoms in total. The van der Waals surface area contributed by atoms with Gasteiger partial charge in [-0.3, -0.25) is 4.68 Å². The first-order valence-electron chi connectivity index (χ1n) is 4.96. The molecule has 1 unspecified atom stereocenters. The third kappa shape index (κ3) is 4.20. The molecule has 0 saturated carbocycles. The van der Waals surface area contributed by atoms with E-state index in [0.717, 1.165) is 24.5 Å². The minimum atomic E-state index is 0.0179. The molecule has 5 heteroatoms. The number of rotatable bonds is 6. The summed E-state index contributed by atoms with van der Waals surface area (Å²) in [5, 5.41) is 7.55. The van der Waals surface area contributed by atoms with Gasteiger partial charge in [-0.1, -0.05) is 0 Å². The van der Waals surface area contributed by atoms with Crippen LogP contribution in [0.5, 0.6) is 0 Å². The summed E-state index contributed by atoms with van der Waals surface area (Å²) < 4.78 is 6.82. The topological polar surface area (TPSA) is 39.1 Å². The normalized spacial score (nSPS) is 13.1. The van der Waals surface area contributed by atoms with Gasteiger partial charge in [0.2, 0.25) is 0 Å². The molecule has 1 aromatic heterocycles. The lowest BCUT2D eigenvalue weighted by Gasteiger charge is -2.09. The Morgan fingerprint density at radius 1 is 1.67 bits per heavy atom. The first-order valence-corrected chi connectivity index (χ1v) is 5.40. The number of aryl methyl sites for hydroxylation is 2. The Kier molecular flexibility index (Phi) is 5.08. The molecule has 0 fully saturated rings. The summed E-state index contributed by atoms with van der Waals surface area (Å²) in [5.74, 6) is 0. The number of ether oxygens (including phenoxy) is 1. The Hall–Kier alpha value is -0.580. The van der Waals surface area contributed by atoms with E-state index >= 15 is 0 Å². The van der Waals surface area contributed by atoms with E-state index in [9.17, 15) is 0 Å². The third-order valence-electron chi connectivity index (χ3n) is 2.12. The Morgan fingerprint density at radius 2 is 2.40 bits per heavy atom. The van der Waals surface area contributed by atoms with E-state index in [4.69, 9.17) is 16.3 Å². The second kappa shape index (κ2) is 6.10. The molecule has 1 heterocycles. The fraction of sp³-hybridized carbons (Fsp3) is 0.700. The Labute approximate surface area is 95.6 Å². The summed E-state index contributed by atoms with van der Waals surface area (Å²) in [6.07, 6.45) is 0. The molecule has 0 aliphatic heterocycles. The molecule has 1 rings (SSSR count). The van der Waals surface area contributed by atoms with Crippen molar-refractivity contribution in [3.05, 3.63) is 17.5 Å². The highest BCUT2D eigenvalue weighted by Gasteiger charge is 2.05. The van der Waals surface area contributed by atoms with Gasteiger partial charge >= 0.3 is 0 Å². The monoisotopic (exact) mass is 231 g/mol. The van der Waals surface area contributed by atoms with E-state index in [1.54, 1.807) is 7.11 Å². The molecule has 0 spiro atoms. The number of nitrogens with one attached hydrogen (secondary N) is 1. The number of methoxy groups -OCH3 is 1. The quantitative estimate of drug-likeness (QED) is 0.745. The van der Waals surface area contributed by atoms with Crippen LogP contribution in [0.2, 0.25) is 0 Å². The van der Waals surface area contributed by atoms with E-state index < -0.39 is 0 Å². The predicted octanol–water partition coefficient (Wildman–Crippen LogP) is 1.07.